The lowest BCUT2D eigenvalue weighted by Gasteiger charge is -2.29. The highest BCUT2D eigenvalue weighted by atomic mass is 32.1. The summed E-state index contributed by atoms with van der Waals surface area (Å²) in [5.41, 5.74) is 10.7. The van der Waals surface area contributed by atoms with Crippen LogP contribution in [0.3, 0.4) is 0 Å². The molecule has 39 heavy (non-hydrogen) atoms. The van der Waals surface area contributed by atoms with Crippen LogP contribution in [0.15, 0.2) is 0 Å². The van der Waals surface area contributed by atoms with Crippen molar-refractivity contribution in [3.63, 3.8) is 0 Å². The fourth-order valence-corrected chi connectivity index (χ4v) is 3.26. The number of nitrogens with one attached hydrogen (secondary N) is 6. The molecule has 0 aliphatic rings. The van der Waals surface area contributed by atoms with Gasteiger partial charge in [-0.1, -0.05) is 0 Å². The van der Waals surface area contributed by atoms with Crippen LogP contribution in [-0.4, -0.2) is 117 Å². The Bertz CT molecular complexity index is 874. The zero-order chi connectivity index (χ0) is 30.4. The molecule has 0 unspecified atom stereocenters. The normalized spacial score (nSPS) is 17.1. The number of rotatable bonds is 17. The van der Waals surface area contributed by atoms with Crippen molar-refractivity contribution in [2.75, 3.05) is 12.3 Å². The molecule has 0 heterocycles. The van der Waals surface area contributed by atoms with Crippen LogP contribution in [-0.2, 0) is 24.0 Å². The van der Waals surface area contributed by atoms with Crippen LogP contribution in [0.4, 0.5) is 0 Å². The van der Waals surface area contributed by atoms with Gasteiger partial charge in [0, 0.05) is 12.3 Å². The summed E-state index contributed by atoms with van der Waals surface area (Å²) in [7, 11) is 0. The highest BCUT2D eigenvalue weighted by Gasteiger charge is 2.36. The predicted molar refractivity (Wildman–Crippen MR) is 141 cm³/mol. The third kappa shape index (κ3) is 12.9. The molecule has 8 atom stereocenters. The van der Waals surface area contributed by atoms with Crippen molar-refractivity contribution in [3.8, 4) is 0 Å². The average Bonchev–Trinajstić information content (AvgIpc) is 2.83. The van der Waals surface area contributed by atoms with Crippen molar-refractivity contribution in [2.45, 2.75) is 82.1 Å². The number of aliphatic carboxylic acids is 1. The van der Waals surface area contributed by atoms with E-state index in [0.29, 0.717) is 0 Å². The standard InChI is InChI=1S/C21H40N8O9S/c1-8(30)13(17(34)26-12(20(37)38)5-4-6-25-21(23)24)28-19(36)15(10(3)32)29-18(35)14(9(2)31)27-16(33)11(22)7-39/h8-15,30-32,39H,4-7,22H2,1-3H3,(H,26,34)(H,27,33)(H,28,36)(H,29,35)(H,37,38)(H4,23,24,25)/t8-,9-,10-,11+,12+,13+,14+,15+/m1/s1. The highest BCUT2D eigenvalue weighted by molar-refractivity contribution is 7.80. The van der Waals surface area contributed by atoms with Crippen molar-refractivity contribution in [2.24, 2.45) is 11.5 Å². The van der Waals surface area contributed by atoms with E-state index in [0.717, 1.165) is 13.8 Å². The Balaban J connectivity index is 5.53. The van der Waals surface area contributed by atoms with Gasteiger partial charge in [-0.25, -0.2) is 4.79 Å². The number of hydrogen-bond acceptors (Lipinski definition) is 11. The van der Waals surface area contributed by atoms with E-state index in [4.69, 9.17) is 16.9 Å². The van der Waals surface area contributed by atoms with E-state index < -0.39 is 78.1 Å². The first-order valence-corrected chi connectivity index (χ1v) is 12.6. The molecule has 0 bridgehead atoms. The molecule has 0 spiro atoms. The zero-order valence-corrected chi connectivity index (χ0v) is 22.8. The molecule has 0 radical (unpaired) electrons. The van der Waals surface area contributed by atoms with Crippen LogP contribution in [0.1, 0.15) is 33.6 Å². The molecule has 18 heteroatoms. The number of hydrogen-bond donors (Lipinski definition) is 13. The lowest BCUT2D eigenvalue weighted by Crippen LogP contribution is -2.63. The summed E-state index contributed by atoms with van der Waals surface area (Å²) in [5, 5.41) is 57.8. The van der Waals surface area contributed by atoms with Crippen LogP contribution in [0.2, 0.25) is 0 Å². The van der Waals surface area contributed by atoms with E-state index >= 15 is 0 Å². The predicted octanol–water partition coefficient (Wildman–Crippen LogP) is -5.33. The van der Waals surface area contributed by atoms with Crippen molar-refractivity contribution in [1.29, 1.82) is 5.41 Å². The third-order valence-corrected chi connectivity index (χ3v) is 5.71. The first kappa shape index (κ1) is 35.8. The van der Waals surface area contributed by atoms with E-state index in [1.54, 1.807) is 0 Å². The lowest BCUT2D eigenvalue weighted by molar-refractivity contribution is -0.143. The van der Waals surface area contributed by atoms with Gasteiger partial charge in [0.2, 0.25) is 23.6 Å². The summed E-state index contributed by atoms with van der Waals surface area (Å²) in [4.78, 5) is 62.0. The van der Waals surface area contributed by atoms with Crippen LogP contribution in [0, 0.1) is 5.41 Å². The summed E-state index contributed by atoms with van der Waals surface area (Å²) in [6.07, 6.45) is -4.37. The molecule has 0 saturated heterocycles. The summed E-state index contributed by atoms with van der Waals surface area (Å²) < 4.78 is 0. The smallest absolute Gasteiger partial charge is 0.326 e. The molecule has 0 saturated carbocycles. The van der Waals surface area contributed by atoms with Gasteiger partial charge in [-0.3, -0.25) is 24.6 Å². The van der Waals surface area contributed by atoms with Crippen molar-refractivity contribution < 1.29 is 44.4 Å². The molecule has 0 aliphatic heterocycles. The molecule has 0 rings (SSSR count). The minimum Gasteiger partial charge on any atom is -0.480 e. The van der Waals surface area contributed by atoms with Gasteiger partial charge in [-0.15, -0.1) is 0 Å². The van der Waals surface area contributed by atoms with E-state index in [-0.39, 0.29) is 31.1 Å². The van der Waals surface area contributed by atoms with Crippen LogP contribution in [0.25, 0.3) is 0 Å². The summed E-state index contributed by atoms with van der Waals surface area (Å²) >= 11 is 3.88. The fourth-order valence-electron chi connectivity index (χ4n) is 3.09. The number of aliphatic hydroxyl groups is 3. The van der Waals surface area contributed by atoms with Crippen LogP contribution < -0.4 is 38.1 Å². The number of nitrogens with two attached hydrogens (primary N) is 2. The number of guanidine groups is 1. The molecule has 0 aromatic heterocycles. The number of carbonyl (C=O) groups is 5. The van der Waals surface area contributed by atoms with E-state index in [1.807, 2.05) is 0 Å². The number of amides is 4. The third-order valence-electron chi connectivity index (χ3n) is 5.32. The molecule has 224 valence electrons. The highest BCUT2D eigenvalue weighted by Crippen LogP contribution is 2.04. The molecule has 0 fully saturated rings. The van der Waals surface area contributed by atoms with E-state index in [1.165, 1.54) is 6.92 Å². The first-order valence-electron chi connectivity index (χ1n) is 12.0. The maximum absolute atomic E-state index is 12.9. The Morgan fingerprint density at radius 3 is 1.51 bits per heavy atom. The number of thiol groups is 1. The second kappa shape index (κ2) is 17.4. The van der Waals surface area contributed by atoms with Crippen LogP contribution >= 0.6 is 12.6 Å². The minimum atomic E-state index is -1.71. The van der Waals surface area contributed by atoms with Gasteiger partial charge in [0.05, 0.1) is 24.4 Å². The molecule has 0 aromatic rings. The quantitative estimate of drug-likeness (QED) is 0.0332. The second-order valence-corrected chi connectivity index (χ2v) is 9.22. The molecule has 0 aromatic carbocycles. The molecule has 14 N–H and O–H groups in total. The topological polar surface area (TPSA) is 302 Å². The molecular formula is C21H40N8O9S. The molecular weight excluding hydrogens is 540 g/mol. The van der Waals surface area contributed by atoms with Gasteiger partial charge in [0.25, 0.3) is 0 Å². The van der Waals surface area contributed by atoms with Gasteiger partial charge >= 0.3 is 5.97 Å². The average molecular weight is 581 g/mol. The first-order chi connectivity index (χ1) is 18.0. The molecule has 17 nitrogen and oxygen atoms in total. The van der Waals surface area contributed by atoms with Gasteiger partial charge in [-0.05, 0) is 33.6 Å². The summed E-state index contributed by atoms with van der Waals surface area (Å²) in [5.74, 6) is -5.81. The van der Waals surface area contributed by atoms with Gasteiger partial charge in [-0.2, -0.15) is 12.6 Å². The van der Waals surface area contributed by atoms with Crippen molar-refractivity contribution in [1.82, 2.24) is 26.6 Å². The van der Waals surface area contributed by atoms with Crippen molar-refractivity contribution in [3.05, 3.63) is 0 Å². The van der Waals surface area contributed by atoms with Gasteiger partial charge < -0.3 is 58.5 Å². The number of carbonyl (C=O) groups excluding carboxylic acids is 4. The van der Waals surface area contributed by atoms with Crippen molar-refractivity contribution >= 4 is 48.2 Å². The molecule has 4 amide bonds. The second-order valence-electron chi connectivity index (χ2n) is 8.85. The fraction of sp³-hybridized carbons (Fsp3) is 0.714. The largest absolute Gasteiger partial charge is 0.480 e. The summed E-state index contributed by atoms with van der Waals surface area (Å²) in [6, 6.07) is -7.47. The Morgan fingerprint density at radius 1 is 0.795 bits per heavy atom. The van der Waals surface area contributed by atoms with Gasteiger partial charge in [0.1, 0.15) is 24.2 Å². The maximum Gasteiger partial charge on any atom is 0.326 e. The SMILES string of the molecule is C[C@@H](O)[C@H](NC(=O)[C@@H](NC(=O)[C@@H](NC(=O)[C@@H](N)CS)[C@@H](C)O)[C@@H](C)O)C(=O)N[C@@H](CCCNC(=N)N)C(=O)O. The minimum absolute atomic E-state index is 0.0560. The van der Waals surface area contributed by atoms with Gasteiger partial charge in [0.15, 0.2) is 5.96 Å². The number of carboxylic acids is 1. The zero-order valence-electron chi connectivity index (χ0n) is 21.9. The lowest BCUT2D eigenvalue weighted by atomic mass is 10.1. The Kier molecular flexibility index (Phi) is 16.0. The Morgan fingerprint density at radius 2 is 1.18 bits per heavy atom. The number of carboxylic acid groups (broad SMARTS) is 1. The van der Waals surface area contributed by atoms with E-state index in [9.17, 15) is 44.4 Å². The Hall–Kier alpha value is -3.19. The maximum atomic E-state index is 12.9. The Labute approximate surface area is 230 Å². The summed E-state index contributed by atoms with van der Waals surface area (Å²) in [6.45, 7) is 3.65. The molecule has 0 aliphatic carbocycles. The monoisotopic (exact) mass is 580 g/mol. The van der Waals surface area contributed by atoms with Crippen LogP contribution in [0.5, 0.6) is 0 Å². The number of aliphatic hydroxyl groups excluding tert-OH is 3. The van der Waals surface area contributed by atoms with E-state index in [2.05, 4.69) is 39.2 Å².